The molecule has 3 aromatic carbocycles. The van der Waals surface area contributed by atoms with Crippen molar-refractivity contribution in [3.05, 3.63) is 102 Å². The fourth-order valence-corrected chi connectivity index (χ4v) is 8.76. The van der Waals surface area contributed by atoms with E-state index in [0.29, 0.717) is 17.8 Å². The number of phenols is 1. The molecule has 0 saturated carbocycles. The van der Waals surface area contributed by atoms with Crippen LogP contribution in [0.1, 0.15) is 57.8 Å². The van der Waals surface area contributed by atoms with Gasteiger partial charge < -0.3 is 30.6 Å². The lowest BCUT2D eigenvalue weighted by atomic mass is 9.85. The molecular formula is C46H54N8O5S. The van der Waals surface area contributed by atoms with Crippen LogP contribution in [-0.4, -0.2) is 110 Å². The molecule has 4 atom stereocenters. The minimum atomic E-state index is -0.884. The number of aromatic hydroxyl groups is 1. The number of hydrogen-bond acceptors (Lipinski definition) is 11. The number of aliphatic hydroxyl groups is 1. The van der Waals surface area contributed by atoms with E-state index in [1.165, 1.54) is 4.90 Å². The topological polar surface area (TPSA) is 164 Å². The second kappa shape index (κ2) is 18.3. The van der Waals surface area contributed by atoms with Crippen LogP contribution in [-0.2, 0) is 14.4 Å². The molecule has 0 bridgehead atoms. The Morgan fingerprint density at radius 3 is 2.28 bits per heavy atom. The molecule has 2 aliphatic heterocycles. The van der Waals surface area contributed by atoms with Crippen molar-refractivity contribution < 1.29 is 24.6 Å². The summed E-state index contributed by atoms with van der Waals surface area (Å²) < 4.78 is 0. The number of nitrogens with one attached hydrogen (secondary N) is 2. The maximum absolute atomic E-state index is 14.2. The zero-order chi connectivity index (χ0) is 42.6. The molecule has 7 rings (SSSR count). The summed E-state index contributed by atoms with van der Waals surface area (Å²) in [6.07, 6.45) is 1.22. The molecule has 0 spiro atoms. The van der Waals surface area contributed by atoms with Gasteiger partial charge in [0, 0.05) is 68.9 Å². The smallest absolute Gasteiger partial charge is 0.246 e. The van der Waals surface area contributed by atoms with Crippen LogP contribution in [0.5, 0.6) is 5.75 Å². The van der Waals surface area contributed by atoms with Crippen molar-refractivity contribution in [2.45, 2.75) is 71.7 Å². The van der Waals surface area contributed by atoms with E-state index in [1.807, 2.05) is 82.6 Å². The minimum absolute atomic E-state index is 0.0190. The normalized spacial score (nSPS) is 18.2. The average molecular weight is 831 g/mol. The van der Waals surface area contributed by atoms with Gasteiger partial charge in [0.05, 0.1) is 40.1 Å². The number of β-amino-alcohol motifs (C(OH)–C–C–N with tert-alkyl or cyclic N) is 1. The highest BCUT2D eigenvalue weighted by atomic mass is 32.1. The zero-order valence-electron chi connectivity index (χ0n) is 34.8. The van der Waals surface area contributed by atoms with Crippen LogP contribution in [0.4, 0.5) is 5.69 Å². The first kappa shape index (κ1) is 42.4. The SMILES string of the molecule is Cc1ncsc1-c1ccc([C@H](C)NC(=O)[C@@H]2C[C@@H](O)CN2C(=O)C(NC(=O)CCN2CCN(c3ccc(-c4cnnc(-c5ccccc5O)c4)cc3)CC2)C(C)(C)C)cc1. The fraction of sp³-hybridized carbons (Fsp3) is 0.391. The molecule has 4 N–H and O–H groups in total. The Morgan fingerprint density at radius 2 is 1.62 bits per heavy atom. The second-order valence-electron chi connectivity index (χ2n) is 16.9. The molecule has 0 aliphatic carbocycles. The van der Waals surface area contributed by atoms with Gasteiger partial charge in [0.15, 0.2) is 0 Å². The number of phenolic OH excluding ortho intramolecular Hbond substituents is 1. The first-order valence-corrected chi connectivity index (χ1v) is 21.4. The first-order chi connectivity index (χ1) is 28.7. The van der Waals surface area contributed by atoms with Crippen molar-refractivity contribution in [3.63, 3.8) is 0 Å². The van der Waals surface area contributed by atoms with E-state index in [2.05, 4.69) is 59.9 Å². The lowest BCUT2D eigenvalue weighted by Gasteiger charge is -2.37. The highest BCUT2D eigenvalue weighted by Gasteiger charge is 2.44. The van der Waals surface area contributed by atoms with Gasteiger partial charge in [-0.05, 0) is 66.3 Å². The number of carbonyl (C=O) groups is 3. The molecular weight excluding hydrogens is 777 g/mol. The number of hydrogen-bond donors (Lipinski definition) is 4. The van der Waals surface area contributed by atoms with Gasteiger partial charge in [-0.15, -0.1) is 11.3 Å². The van der Waals surface area contributed by atoms with E-state index in [0.717, 1.165) is 64.7 Å². The van der Waals surface area contributed by atoms with Gasteiger partial charge in [-0.2, -0.15) is 10.2 Å². The summed E-state index contributed by atoms with van der Waals surface area (Å²) in [5.74, 6) is -0.788. The number of para-hydroxylation sites is 1. The summed E-state index contributed by atoms with van der Waals surface area (Å²) in [5.41, 5.74) is 8.38. The van der Waals surface area contributed by atoms with E-state index in [4.69, 9.17) is 0 Å². The van der Waals surface area contributed by atoms with Crippen molar-refractivity contribution in [2.75, 3.05) is 44.2 Å². The third-order valence-corrected chi connectivity index (χ3v) is 12.5. The van der Waals surface area contributed by atoms with Crippen molar-refractivity contribution in [1.29, 1.82) is 0 Å². The van der Waals surface area contributed by atoms with Gasteiger partial charge in [-0.3, -0.25) is 19.3 Å². The third kappa shape index (κ3) is 9.83. The van der Waals surface area contributed by atoms with Gasteiger partial charge in [0.2, 0.25) is 17.7 Å². The average Bonchev–Trinajstić information content (AvgIpc) is 3.87. The van der Waals surface area contributed by atoms with Crippen molar-refractivity contribution in [2.24, 2.45) is 5.41 Å². The molecule has 5 aromatic rings. The Kier molecular flexibility index (Phi) is 12.9. The lowest BCUT2D eigenvalue weighted by Crippen LogP contribution is -2.58. The van der Waals surface area contributed by atoms with Gasteiger partial charge in [0.25, 0.3) is 0 Å². The van der Waals surface area contributed by atoms with Crippen molar-refractivity contribution >= 4 is 34.7 Å². The predicted octanol–water partition coefficient (Wildman–Crippen LogP) is 5.83. The van der Waals surface area contributed by atoms with E-state index >= 15 is 0 Å². The minimum Gasteiger partial charge on any atom is -0.507 e. The second-order valence-corrected chi connectivity index (χ2v) is 17.7. The third-order valence-electron chi connectivity index (χ3n) is 11.5. The molecule has 2 aromatic heterocycles. The number of amides is 3. The number of aryl methyl sites for hydroxylation is 1. The van der Waals surface area contributed by atoms with Crippen LogP contribution < -0.4 is 15.5 Å². The molecule has 2 saturated heterocycles. The first-order valence-electron chi connectivity index (χ1n) is 20.5. The molecule has 314 valence electrons. The Labute approximate surface area is 355 Å². The summed E-state index contributed by atoms with van der Waals surface area (Å²) in [6, 6.07) is 23.2. The quantitative estimate of drug-likeness (QED) is 0.120. The Hall–Kier alpha value is -5.70. The van der Waals surface area contributed by atoms with Crippen LogP contribution in [0.2, 0.25) is 0 Å². The lowest BCUT2D eigenvalue weighted by molar-refractivity contribution is -0.144. The maximum atomic E-state index is 14.2. The van der Waals surface area contributed by atoms with Crippen molar-refractivity contribution in [3.8, 4) is 38.6 Å². The number of nitrogens with zero attached hydrogens (tertiary/aromatic N) is 6. The Morgan fingerprint density at radius 1 is 0.917 bits per heavy atom. The molecule has 3 amide bonds. The van der Waals surface area contributed by atoms with Crippen LogP contribution in [0.15, 0.2) is 90.6 Å². The molecule has 60 heavy (non-hydrogen) atoms. The van der Waals surface area contributed by atoms with E-state index < -0.39 is 23.6 Å². The number of anilines is 1. The molecule has 0 radical (unpaired) electrons. The number of benzene rings is 3. The van der Waals surface area contributed by atoms with Gasteiger partial charge in [-0.25, -0.2) is 4.98 Å². The van der Waals surface area contributed by atoms with Crippen molar-refractivity contribution in [1.82, 2.24) is 35.6 Å². The van der Waals surface area contributed by atoms with Crippen LogP contribution >= 0.6 is 11.3 Å². The summed E-state index contributed by atoms with van der Waals surface area (Å²) in [5, 5.41) is 35.4. The number of aromatic nitrogens is 3. The number of aliphatic hydroxyl groups excluding tert-OH is 1. The summed E-state index contributed by atoms with van der Waals surface area (Å²) >= 11 is 1.58. The highest BCUT2D eigenvalue weighted by Crippen LogP contribution is 2.32. The highest BCUT2D eigenvalue weighted by molar-refractivity contribution is 7.13. The molecule has 2 aliphatic rings. The maximum Gasteiger partial charge on any atom is 0.246 e. The largest absolute Gasteiger partial charge is 0.507 e. The molecule has 14 heteroatoms. The number of likely N-dealkylation sites (tertiary alicyclic amines) is 1. The number of thiazole rings is 1. The molecule has 13 nitrogen and oxygen atoms in total. The Bertz CT molecular complexity index is 2280. The number of carbonyl (C=O) groups excluding carboxylic acids is 3. The summed E-state index contributed by atoms with van der Waals surface area (Å²) in [7, 11) is 0. The molecule has 2 fully saturated rings. The summed E-state index contributed by atoms with van der Waals surface area (Å²) in [6.45, 7) is 13.3. The summed E-state index contributed by atoms with van der Waals surface area (Å²) in [4.78, 5) is 52.8. The van der Waals surface area contributed by atoms with E-state index in [1.54, 1.807) is 29.7 Å². The van der Waals surface area contributed by atoms with E-state index in [-0.39, 0.29) is 48.9 Å². The number of rotatable bonds is 12. The van der Waals surface area contributed by atoms with Crippen LogP contribution in [0.3, 0.4) is 0 Å². The number of piperazine rings is 1. The van der Waals surface area contributed by atoms with Gasteiger partial charge in [0.1, 0.15) is 17.8 Å². The molecule has 4 heterocycles. The molecule has 1 unspecified atom stereocenters. The van der Waals surface area contributed by atoms with Gasteiger partial charge >= 0.3 is 0 Å². The van der Waals surface area contributed by atoms with Crippen LogP contribution in [0, 0.1) is 12.3 Å². The Balaban J connectivity index is 0.899. The monoisotopic (exact) mass is 830 g/mol. The van der Waals surface area contributed by atoms with Crippen LogP contribution in [0.25, 0.3) is 32.8 Å². The van der Waals surface area contributed by atoms with E-state index in [9.17, 15) is 24.6 Å². The predicted molar refractivity (Wildman–Crippen MR) is 234 cm³/mol. The fourth-order valence-electron chi connectivity index (χ4n) is 7.95. The zero-order valence-corrected chi connectivity index (χ0v) is 35.7. The van der Waals surface area contributed by atoms with Gasteiger partial charge in [-0.1, -0.05) is 69.3 Å². The standard InChI is InChI=1S/C46H54N8O5S/c1-29(31-10-12-33(13-11-31)42-30(2)47-28-60-42)49-44(58)39-25-36(55)27-54(39)45(59)43(46(3,4)5)50-41(57)18-19-52-20-22-53(23-21-52)35-16-14-32(15-17-35)34-24-38(51-48-26-34)37-8-6-7-9-40(37)56/h6-17,24,26,28-29,36,39,43,55-56H,18-23,25,27H2,1-5H3,(H,49,58)(H,50,57)/t29-,36+,39-,43?/m0/s1.